The molecular weight excluding hydrogens is 280 g/mol. The van der Waals surface area contributed by atoms with Gasteiger partial charge < -0.3 is 4.74 Å². The molecule has 0 N–H and O–H groups in total. The lowest BCUT2D eigenvalue weighted by molar-refractivity contribution is 0.305. The fraction of sp³-hybridized carbons (Fsp3) is 0.412. The average molecular weight is 300 g/mol. The van der Waals surface area contributed by atoms with Gasteiger partial charge >= 0.3 is 0 Å². The van der Waals surface area contributed by atoms with Gasteiger partial charge in [-0.2, -0.15) is 5.26 Å². The van der Waals surface area contributed by atoms with Gasteiger partial charge in [-0.3, -0.25) is 0 Å². The molecule has 0 spiro atoms. The van der Waals surface area contributed by atoms with Crippen molar-refractivity contribution >= 4 is 11.3 Å². The van der Waals surface area contributed by atoms with Crippen LogP contribution in [0.2, 0.25) is 0 Å². The number of benzene rings is 1. The molecular formula is C17H20N2OS. The van der Waals surface area contributed by atoms with Gasteiger partial charge in [0.05, 0.1) is 18.2 Å². The number of nitriles is 1. The Hall–Kier alpha value is -1.86. The van der Waals surface area contributed by atoms with E-state index in [1.54, 1.807) is 11.3 Å². The van der Waals surface area contributed by atoms with Crippen LogP contribution in [0.15, 0.2) is 24.3 Å². The average Bonchev–Trinajstić information content (AvgIpc) is 2.89. The lowest BCUT2D eigenvalue weighted by atomic mass is 10.2. The van der Waals surface area contributed by atoms with E-state index in [2.05, 4.69) is 37.0 Å². The second kappa shape index (κ2) is 7.80. The van der Waals surface area contributed by atoms with Crippen molar-refractivity contribution in [1.82, 2.24) is 4.98 Å². The molecule has 0 unspecified atom stereocenters. The SMILES string of the molecule is CCCc1nc(COc2ccc(CC)cc2)sc1CC#N. The van der Waals surface area contributed by atoms with Gasteiger partial charge in [0.25, 0.3) is 0 Å². The van der Waals surface area contributed by atoms with E-state index in [-0.39, 0.29) is 0 Å². The molecule has 0 bridgehead atoms. The molecule has 0 amide bonds. The maximum Gasteiger partial charge on any atom is 0.140 e. The summed E-state index contributed by atoms with van der Waals surface area (Å²) in [5, 5.41) is 9.82. The molecule has 0 saturated carbocycles. The number of hydrogen-bond donors (Lipinski definition) is 0. The zero-order valence-corrected chi connectivity index (χ0v) is 13.4. The highest BCUT2D eigenvalue weighted by molar-refractivity contribution is 7.11. The Bertz CT molecular complexity index is 611. The first kappa shape index (κ1) is 15.5. The summed E-state index contributed by atoms with van der Waals surface area (Å²) in [5.41, 5.74) is 2.36. The van der Waals surface area contributed by atoms with Gasteiger partial charge in [-0.25, -0.2) is 4.98 Å². The van der Waals surface area contributed by atoms with Crippen LogP contribution in [0, 0.1) is 11.3 Å². The maximum atomic E-state index is 8.88. The first-order valence-electron chi connectivity index (χ1n) is 7.33. The van der Waals surface area contributed by atoms with Crippen LogP contribution in [0.25, 0.3) is 0 Å². The predicted octanol–water partition coefficient (Wildman–Crippen LogP) is 4.30. The third kappa shape index (κ3) is 4.30. The lowest BCUT2D eigenvalue weighted by Gasteiger charge is -2.04. The Morgan fingerprint density at radius 1 is 1.24 bits per heavy atom. The zero-order valence-electron chi connectivity index (χ0n) is 12.6. The Labute approximate surface area is 130 Å². The molecule has 0 fully saturated rings. The number of hydrogen-bond acceptors (Lipinski definition) is 4. The number of ether oxygens (including phenoxy) is 1. The van der Waals surface area contributed by atoms with Gasteiger partial charge in [0.1, 0.15) is 17.4 Å². The predicted molar refractivity (Wildman–Crippen MR) is 85.6 cm³/mol. The molecule has 4 heteroatoms. The molecule has 0 saturated heterocycles. The smallest absolute Gasteiger partial charge is 0.140 e. The van der Waals surface area contributed by atoms with Gasteiger partial charge in [-0.15, -0.1) is 11.3 Å². The Kier molecular flexibility index (Phi) is 5.77. The summed E-state index contributed by atoms with van der Waals surface area (Å²) >= 11 is 1.59. The number of nitrogens with zero attached hydrogens (tertiary/aromatic N) is 2. The second-order valence-electron chi connectivity index (χ2n) is 4.85. The minimum atomic E-state index is 0.443. The summed E-state index contributed by atoms with van der Waals surface area (Å²) in [6.07, 6.45) is 3.45. The van der Waals surface area contributed by atoms with Gasteiger partial charge in [-0.1, -0.05) is 32.4 Å². The summed E-state index contributed by atoms with van der Waals surface area (Å²) in [6, 6.07) is 10.4. The normalized spacial score (nSPS) is 10.3. The minimum absolute atomic E-state index is 0.443. The maximum absolute atomic E-state index is 8.88. The molecule has 0 radical (unpaired) electrons. The third-order valence-corrected chi connectivity index (χ3v) is 4.31. The van der Waals surface area contributed by atoms with E-state index in [1.165, 1.54) is 5.56 Å². The quantitative estimate of drug-likeness (QED) is 0.765. The van der Waals surface area contributed by atoms with Gasteiger partial charge in [0.2, 0.25) is 0 Å². The van der Waals surface area contributed by atoms with E-state index in [4.69, 9.17) is 10.00 Å². The Balaban J connectivity index is 2.01. The number of aromatic nitrogens is 1. The van der Waals surface area contributed by atoms with E-state index in [0.717, 1.165) is 40.6 Å². The van der Waals surface area contributed by atoms with Crippen molar-refractivity contribution in [1.29, 1.82) is 5.26 Å². The molecule has 0 aliphatic rings. The molecule has 1 heterocycles. The van der Waals surface area contributed by atoms with Crippen molar-refractivity contribution in [3.8, 4) is 11.8 Å². The molecule has 2 rings (SSSR count). The molecule has 1 aromatic carbocycles. The van der Waals surface area contributed by atoms with Crippen molar-refractivity contribution < 1.29 is 4.74 Å². The topological polar surface area (TPSA) is 45.9 Å². The fourth-order valence-electron chi connectivity index (χ4n) is 2.11. The number of thiazole rings is 1. The van der Waals surface area contributed by atoms with Crippen LogP contribution >= 0.6 is 11.3 Å². The number of aryl methyl sites for hydroxylation is 2. The van der Waals surface area contributed by atoms with Crippen LogP contribution in [0.5, 0.6) is 5.75 Å². The molecule has 1 aromatic heterocycles. The zero-order chi connectivity index (χ0) is 15.1. The van der Waals surface area contributed by atoms with Crippen molar-refractivity contribution in [3.05, 3.63) is 45.4 Å². The van der Waals surface area contributed by atoms with Crippen molar-refractivity contribution in [2.45, 2.75) is 46.1 Å². The van der Waals surface area contributed by atoms with E-state index >= 15 is 0 Å². The van der Waals surface area contributed by atoms with Gasteiger partial charge in [-0.05, 0) is 30.5 Å². The van der Waals surface area contributed by atoms with Crippen molar-refractivity contribution in [2.75, 3.05) is 0 Å². The highest BCUT2D eigenvalue weighted by atomic mass is 32.1. The third-order valence-electron chi connectivity index (χ3n) is 3.24. The Morgan fingerprint density at radius 2 is 2.00 bits per heavy atom. The molecule has 2 aromatic rings. The van der Waals surface area contributed by atoms with E-state index in [1.807, 2.05) is 12.1 Å². The standard InChI is InChI=1S/C17H20N2OS/c1-3-5-15-16(10-11-18)21-17(19-15)12-20-14-8-6-13(4-2)7-9-14/h6-9H,3-5,10,12H2,1-2H3. The van der Waals surface area contributed by atoms with Crippen LogP contribution in [0.3, 0.4) is 0 Å². The second-order valence-corrected chi connectivity index (χ2v) is 6.02. The highest BCUT2D eigenvalue weighted by Crippen LogP contribution is 2.22. The van der Waals surface area contributed by atoms with Crippen LogP contribution in [-0.4, -0.2) is 4.98 Å². The molecule has 0 aliphatic heterocycles. The molecule has 21 heavy (non-hydrogen) atoms. The summed E-state index contributed by atoms with van der Waals surface area (Å²) in [5.74, 6) is 0.862. The fourth-order valence-corrected chi connectivity index (χ4v) is 3.07. The summed E-state index contributed by atoms with van der Waals surface area (Å²) in [6.45, 7) is 4.73. The van der Waals surface area contributed by atoms with E-state index in [0.29, 0.717) is 13.0 Å². The first-order chi connectivity index (χ1) is 10.3. The molecule has 0 atom stereocenters. The largest absolute Gasteiger partial charge is 0.486 e. The van der Waals surface area contributed by atoms with Crippen LogP contribution < -0.4 is 4.74 Å². The van der Waals surface area contributed by atoms with Crippen LogP contribution in [0.1, 0.15) is 41.4 Å². The van der Waals surface area contributed by atoms with E-state index in [9.17, 15) is 0 Å². The van der Waals surface area contributed by atoms with Crippen molar-refractivity contribution in [2.24, 2.45) is 0 Å². The summed E-state index contributed by atoms with van der Waals surface area (Å²) in [7, 11) is 0. The van der Waals surface area contributed by atoms with Crippen molar-refractivity contribution in [3.63, 3.8) is 0 Å². The summed E-state index contributed by atoms with van der Waals surface area (Å²) in [4.78, 5) is 5.69. The lowest BCUT2D eigenvalue weighted by Crippen LogP contribution is -1.96. The molecule has 110 valence electrons. The highest BCUT2D eigenvalue weighted by Gasteiger charge is 2.10. The summed E-state index contributed by atoms with van der Waals surface area (Å²) < 4.78 is 5.78. The number of rotatable bonds is 7. The van der Waals surface area contributed by atoms with Crippen LogP contribution in [-0.2, 0) is 25.9 Å². The monoisotopic (exact) mass is 300 g/mol. The molecule has 3 nitrogen and oxygen atoms in total. The molecule has 0 aliphatic carbocycles. The van der Waals surface area contributed by atoms with Gasteiger partial charge in [0.15, 0.2) is 0 Å². The first-order valence-corrected chi connectivity index (χ1v) is 8.14. The van der Waals surface area contributed by atoms with Gasteiger partial charge in [0, 0.05) is 4.88 Å². The van der Waals surface area contributed by atoms with Crippen LogP contribution in [0.4, 0.5) is 0 Å². The van der Waals surface area contributed by atoms with E-state index < -0.39 is 0 Å². The Morgan fingerprint density at radius 3 is 2.62 bits per heavy atom. The minimum Gasteiger partial charge on any atom is -0.486 e.